The van der Waals surface area contributed by atoms with E-state index >= 15 is 0 Å². The number of phosphoric ester groups is 1. The highest BCUT2D eigenvalue weighted by molar-refractivity contribution is 7.46. The van der Waals surface area contributed by atoms with Crippen molar-refractivity contribution in [1.29, 1.82) is 0 Å². The number of carbonyl (C=O) groups is 2. The summed E-state index contributed by atoms with van der Waals surface area (Å²) >= 11 is 0. The van der Waals surface area contributed by atoms with Crippen molar-refractivity contribution in [2.24, 2.45) is 0 Å². The maximum Gasteiger partial charge on any atom is 0.469 e. The molecular formula is C39H77O8P. The van der Waals surface area contributed by atoms with Crippen LogP contribution in [0.1, 0.15) is 219 Å². The number of ether oxygens (including phenoxy) is 2. The first kappa shape index (κ1) is 47.0. The third-order valence-electron chi connectivity index (χ3n) is 9.13. The van der Waals surface area contributed by atoms with E-state index in [0.29, 0.717) is 6.42 Å². The summed E-state index contributed by atoms with van der Waals surface area (Å²) in [5.74, 6) is -0.869. The van der Waals surface area contributed by atoms with Crippen LogP contribution in [0.2, 0.25) is 0 Å². The molecule has 0 spiro atoms. The lowest BCUT2D eigenvalue weighted by Gasteiger charge is -2.18. The Bertz CT molecular complexity index is 756. The molecule has 0 aliphatic rings. The minimum Gasteiger partial charge on any atom is -0.462 e. The van der Waals surface area contributed by atoms with Gasteiger partial charge in [-0.05, 0) is 12.8 Å². The second-order valence-electron chi connectivity index (χ2n) is 14.0. The van der Waals surface area contributed by atoms with Crippen molar-refractivity contribution in [2.75, 3.05) is 13.2 Å². The van der Waals surface area contributed by atoms with E-state index in [4.69, 9.17) is 19.3 Å². The maximum absolute atomic E-state index is 12.4. The van der Waals surface area contributed by atoms with Crippen LogP contribution in [0.4, 0.5) is 0 Å². The van der Waals surface area contributed by atoms with Gasteiger partial charge in [-0.2, -0.15) is 0 Å². The molecule has 0 rings (SSSR count). The highest BCUT2D eigenvalue weighted by atomic mass is 31.2. The monoisotopic (exact) mass is 705 g/mol. The van der Waals surface area contributed by atoms with E-state index in [-0.39, 0.29) is 19.4 Å². The van der Waals surface area contributed by atoms with Gasteiger partial charge in [-0.25, -0.2) is 4.57 Å². The van der Waals surface area contributed by atoms with Crippen molar-refractivity contribution in [3.05, 3.63) is 0 Å². The zero-order chi connectivity index (χ0) is 35.4. The molecule has 0 unspecified atom stereocenters. The summed E-state index contributed by atoms with van der Waals surface area (Å²) < 4.78 is 26.4. The Morgan fingerprint density at radius 3 is 1.06 bits per heavy atom. The lowest BCUT2D eigenvalue weighted by molar-refractivity contribution is -0.161. The maximum atomic E-state index is 12.4. The Morgan fingerprint density at radius 1 is 0.458 bits per heavy atom. The summed E-state index contributed by atoms with van der Waals surface area (Å²) in [6, 6.07) is 0. The zero-order valence-corrected chi connectivity index (χ0v) is 32.3. The van der Waals surface area contributed by atoms with Crippen molar-refractivity contribution < 1.29 is 37.9 Å². The predicted molar refractivity (Wildman–Crippen MR) is 198 cm³/mol. The van der Waals surface area contributed by atoms with E-state index < -0.39 is 32.5 Å². The molecule has 0 aliphatic carbocycles. The molecule has 8 nitrogen and oxygen atoms in total. The van der Waals surface area contributed by atoms with Crippen molar-refractivity contribution >= 4 is 19.8 Å². The molecule has 0 aromatic carbocycles. The zero-order valence-electron chi connectivity index (χ0n) is 31.4. The van der Waals surface area contributed by atoms with E-state index in [1.165, 1.54) is 154 Å². The molecule has 0 aromatic heterocycles. The van der Waals surface area contributed by atoms with Gasteiger partial charge in [-0.1, -0.05) is 194 Å². The van der Waals surface area contributed by atoms with Gasteiger partial charge >= 0.3 is 19.8 Å². The lowest BCUT2D eigenvalue weighted by atomic mass is 10.0. The summed E-state index contributed by atoms with van der Waals surface area (Å²) in [6.07, 6.45) is 36.8. The molecule has 0 radical (unpaired) electrons. The molecule has 48 heavy (non-hydrogen) atoms. The first-order chi connectivity index (χ1) is 23.3. The van der Waals surface area contributed by atoms with Gasteiger partial charge in [-0.3, -0.25) is 14.1 Å². The molecule has 0 heterocycles. The van der Waals surface area contributed by atoms with Crippen LogP contribution in [0.15, 0.2) is 0 Å². The molecule has 0 aliphatic heterocycles. The Labute approximate surface area is 295 Å². The fourth-order valence-electron chi connectivity index (χ4n) is 6.08. The van der Waals surface area contributed by atoms with Crippen LogP contribution in [0.3, 0.4) is 0 Å². The average molecular weight is 705 g/mol. The summed E-state index contributed by atoms with van der Waals surface area (Å²) in [5, 5.41) is 0. The average Bonchev–Trinajstić information content (AvgIpc) is 3.05. The number of rotatable bonds is 38. The normalized spacial score (nSPS) is 12.3. The van der Waals surface area contributed by atoms with Crippen LogP contribution in [-0.4, -0.2) is 41.0 Å². The van der Waals surface area contributed by atoms with Crippen LogP contribution < -0.4 is 0 Å². The van der Waals surface area contributed by atoms with E-state index in [1.54, 1.807) is 0 Å². The topological polar surface area (TPSA) is 119 Å². The van der Waals surface area contributed by atoms with E-state index in [0.717, 1.165) is 32.1 Å². The number of phosphoric acid groups is 1. The van der Waals surface area contributed by atoms with Gasteiger partial charge in [0.2, 0.25) is 0 Å². The van der Waals surface area contributed by atoms with Crippen LogP contribution in [0, 0.1) is 0 Å². The Balaban J connectivity index is 3.88. The molecular weight excluding hydrogens is 627 g/mol. The molecule has 286 valence electrons. The second kappa shape index (κ2) is 35.9. The fraction of sp³-hybridized carbons (Fsp3) is 0.949. The summed E-state index contributed by atoms with van der Waals surface area (Å²) in [6.45, 7) is 3.71. The molecule has 0 saturated carbocycles. The quantitative estimate of drug-likeness (QED) is 0.0370. The van der Waals surface area contributed by atoms with Crippen molar-refractivity contribution in [3.63, 3.8) is 0 Å². The van der Waals surface area contributed by atoms with Gasteiger partial charge in [0.05, 0.1) is 6.61 Å². The first-order valence-corrected chi connectivity index (χ1v) is 21.9. The van der Waals surface area contributed by atoms with Crippen molar-refractivity contribution in [3.8, 4) is 0 Å². The SMILES string of the molecule is CCCCCCCCCCCCCCCCCC(=O)OC[C@H](COP(=O)(O)O)OC(=O)CCCCCCCCCCCCCCCCC. The number of hydrogen-bond donors (Lipinski definition) is 2. The van der Waals surface area contributed by atoms with Crippen molar-refractivity contribution in [1.82, 2.24) is 0 Å². The largest absolute Gasteiger partial charge is 0.469 e. The third kappa shape index (κ3) is 37.9. The number of unbranched alkanes of at least 4 members (excludes halogenated alkanes) is 28. The molecule has 0 aromatic rings. The minimum absolute atomic E-state index is 0.220. The van der Waals surface area contributed by atoms with Gasteiger partial charge in [0, 0.05) is 12.8 Å². The number of carbonyl (C=O) groups excluding carboxylic acids is 2. The number of esters is 2. The van der Waals surface area contributed by atoms with E-state index in [1.807, 2.05) is 0 Å². The minimum atomic E-state index is -4.74. The van der Waals surface area contributed by atoms with E-state index in [2.05, 4.69) is 18.4 Å². The molecule has 1 atom stereocenters. The molecule has 0 saturated heterocycles. The third-order valence-corrected chi connectivity index (χ3v) is 9.61. The van der Waals surface area contributed by atoms with Crippen LogP contribution >= 0.6 is 7.82 Å². The standard InChI is InChI=1S/C39H77O8P/c1-3-5-7-9-11-13-15-17-19-21-23-25-27-29-31-33-38(40)45-35-37(36-46-48(42,43)44)47-39(41)34-32-30-28-26-24-22-20-18-16-14-12-10-8-6-4-2/h37H,3-36H2,1-2H3,(H2,42,43,44)/t37-/m1/s1. The fourth-order valence-corrected chi connectivity index (χ4v) is 6.44. The molecule has 0 fully saturated rings. The second-order valence-corrected chi connectivity index (χ2v) is 15.2. The van der Waals surface area contributed by atoms with Crippen LogP contribution in [0.25, 0.3) is 0 Å². The Morgan fingerprint density at radius 2 is 0.750 bits per heavy atom. The van der Waals surface area contributed by atoms with Gasteiger partial charge in [0.25, 0.3) is 0 Å². The van der Waals surface area contributed by atoms with Crippen LogP contribution in [-0.2, 0) is 28.2 Å². The molecule has 2 N–H and O–H groups in total. The van der Waals surface area contributed by atoms with Gasteiger partial charge in [0.15, 0.2) is 6.10 Å². The molecule has 0 amide bonds. The highest BCUT2D eigenvalue weighted by Gasteiger charge is 2.22. The Hall–Kier alpha value is -0.950. The Kier molecular flexibility index (Phi) is 35.2. The van der Waals surface area contributed by atoms with Gasteiger partial charge in [-0.15, -0.1) is 0 Å². The van der Waals surface area contributed by atoms with Crippen LogP contribution in [0.5, 0.6) is 0 Å². The smallest absolute Gasteiger partial charge is 0.462 e. The summed E-state index contributed by atoms with van der Waals surface area (Å²) in [7, 11) is -4.74. The number of hydrogen-bond acceptors (Lipinski definition) is 6. The molecule has 9 heteroatoms. The van der Waals surface area contributed by atoms with Crippen molar-refractivity contribution in [2.45, 2.75) is 225 Å². The highest BCUT2D eigenvalue weighted by Crippen LogP contribution is 2.36. The van der Waals surface area contributed by atoms with Gasteiger partial charge in [0.1, 0.15) is 6.61 Å². The molecule has 0 bridgehead atoms. The first-order valence-electron chi connectivity index (χ1n) is 20.3. The predicted octanol–water partition coefficient (Wildman–Crippen LogP) is 12.1. The summed E-state index contributed by atoms with van der Waals surface area (Å²) in [5.41, 5.74) is 0. The summed E-state index contributed by atoms with van der Waals surface area (Å²) in [4.78, 5) is 42.8. The van der Waals surface area contributed by atoms with Gasteiger partial charge < -0.3 is 19.3 Å². The van der Waals surface area contributed by atoms with E-state index in [9.17, 15) is 14.2 Å². The lowest BCUT2D eigenvalue weighted by Crippen LogP contribution is -2.29.